The maximum Gasteiger partial charge on any atom is 0.344 e. The molecule has 5 aliphatic rings. The van der Waals surface area contributed by atoms with Crippen LogP contribution < -0.4 is 0 Å². The molecule has 0 aliphatic heterocycles. The summed E-state index contributed by atoms with van der Waals surface area (Å²) in [5.41, 5.74) is -1.19. The average Bonchev–Trinajstić information content (AvgIpc) is 3.00. The molecular weight excluding hydrogens is 344 g/mol. The molecule has 5 fully saturated rings. The SMILES string of the molecule is CCC1CC(CC)C(C(=O)OCC(=O)OC23CC4CC(CC(O)(C4)C2)C3)C1. The van der Waals surface area contributed by atoms with E-state index in [1.165, 1.54) is 0 Å². The summed E-state index contributed by atoms with van der Waals surface area (Å²) in [7, 11) is 0. The molecule has 5 heteroatoms. The first kappa shape index (κ1) is 19.2. The van der Waals surface area contributed by atoms with Crippen molar-refractivity contribution in [2.75, 3.05) is 6.61 Å². The molecule has 0 aromatic carbocycles. The van der Waals surface area contributed by atoms with E-state index in [2.05, 4.69) is 13.8 Å². The Kier molecular flexibility index (Phi) is 5.02. The molecular formula is C22H34O5. The molecule has 5 saturated carbocycles. The molecule has 5 unspecified atom stereocenters. The number of esters is 2. The summed E-state index contributed by atoms with van der Waals surface area (Å²) in [6.07, 6.45) is 9.12. The van der Waals surface area contributed by atoms with Crippen molar-refractivity contribution >= 4 is 11.9 Å². The largest absolute Gasteiger partial charge is 0.456 e. The highest BCUT2D eigenvalue weighted by atomic mass is 16.6. The van der Waals surface area contributed by atoms with Gasteiger partial charge in [0.25, 0.3) is 0 Å². The monoisotopic (exact) mass is 378 g/mol. The van der Waals surface area contributed by atoms with Crippen LogP contribution in [0.1, 0.15) is 78.1 Å². The second kappa shape index (κ2) is 7.06. The molecule has 1 N–H and O–H groups in total. The summed E-state index contributed by atoms with van der Waals surface area (Å²) in [5.74, 6) is 1.12. The van der Waals surface area contributed by atoms with Crippen LogP contribution in [-0.4, -0.2) is 34.9 Å². The maximum atomic E-state index is 12.5. The number of carbonyl (C=O) groups excluding carboxylic acids is 2. The van der Waals surface area contributed by atoms with Crippen molar-refractivity contribution in [2.24, 2.45) is 29.6 Å². The fourth-order valence-electron chi connectivity index (χ4n) is 7.07. The maximum absolute atomic E-state index is 12.5. The second-order valence-electron chi connectivity index (χ2n) is 9.97. The van der Waals surface area contributed by atoms with Crippen molar-refractivity contribution < 1.29 is 24.2 Å². The van der Waals surface area contributed by atoms with Crippen molar-refractivity contribution in [3.8, 4) is 0 Å². The Morgan fingerprint density at radius 1 is 1.00 bits per heavy atom. The van der Waals surface area contributed by atoms with Gasteiger partial charge in [-0.15, -0.1) is 0 Å². The third kappa shape index (κ3) is 3.76. The van der Waals surface area contributed by atoms with Gasteiger partial charge in [-0.05, 0) is 68.6 Å². The van der Waals surface area contributed by atoms with Gasteiger partial charge in [0.2, 0.25) is 0 Å². The van der Waals surface area contributed by atoms with E-state index in [0.717, 1.165) is 57.8 Å². The zero-order valence-electron chi connectivity index (χ0n) is 16.7. The molecule has 5 atom stereocenters. The van der Waals surface area contributed by atoms with Crippen molar-refractivity contribution in [3.63, 3.8) is 0 Å². The van der Waals surface area contributed by atoms with Gasteiger partial charge in [-0.2, -0.15) is 0 Å². The molecule has 5 aliphatic carbocycles. The molecule has 4 bridgehead atoms. The predicted molar refractivity (Wildman–Crippen MR) is 99.7 cm³/mol. The fourth-order valence-corrected chi connectivity index (χ4v) is 7.07. The summed E-state index contributed by atoms with van der Waals surface area (Å²) in [6, 6.07) is 0. The van der Waals surface area contributed by atoms with Gasteiger partial charge in [0, 0.05) is 6.42 Å². The summed E-state index contributed by atoms with van der Waals surface area (Å²) < 4.78 is 11.2. The van der Waals surface area contributed by atoms with E-state index in [1.54, 1.807) is 0 Å². The van der Waals surface area contributed by atoms with E-state index in [4.69, 9.17) is 9.47 Å². The lowest BCUT2D eigenvalue weighted by Crippen LogP contribution is -2.60. The van der Waals surface area contributed by atoms with Crippen molar-refractivity contribution in [1.29, 1.82) is 0 Å². The summed E-state index contributed by atoms with van der Waals surface area (Å²) >= 11 is 0. The summed E-state index contributed by atoms with van der Waals surface area (Å²) in [4.78, 5) is 25.0. The van der Waals surface area contributed by atoms with Crippen LogP contribution in [0.5, 0.6) is 0 Å². The highest BCUT2D eigenvalue weighted by Crippen LogP contribution is 2.58. The van der Waals surface area contributed by atoms with Crippen LogP contribution in [0.2, 0.25) is 0 Å². The number of rotatable bonds is 6. The van der Waals surface area contributed by atoms with Gasteiger partial charge >= 0.3 is 11.9 Å². The lowest BCUT2D eigenvalue weighted by atomic mass is 9.52. The molecule has 5 rings (SSSR count). The fraction of sp³-hybridized carbons (Fsp3) is 0.909. The van der Waals surface area contributed by atoms with Crippen LogP contribution in [0, 0.1) is 29.6 Å². The first-order chi connectivity index (χ1) is 12.8. The van der Waals surface area contributed by atoms with Gasteiger partial charge in [0.15, 0.2) is 6.61 Å². The van der Waals surface area contributed by atoms with Gasteiger partial charge in [-0.25, -0.2) is 4.79 Å². The zero-order chi connectivity index (χ0) is 19.2. The smallest absolute Gasteiger partial charge is 0.344 e. The number of carbonyl (C=O) groups is 2. The molecule has 27 heavy (non-hydrogen) atoms. The lowest BCUT2D eigenvalue weighted by molar-refractivity contribution is -0.222. The molecule has 0 radical (unpaired) electrons. The standard InChI is InChI=1S/C22H34O5/c1-3-14-6-17(4-2)18(7-14)20(24)26-12-19(23)27-22-10-15-5-16(11-22)9-21(25,8-15)13-22/h14-18,25H,3-13H2,1-2H3. The van der Waals surface area contributed by atoms with Crippen molar-refractivity contribution in [2.45, 2.75) is 89.3 Å². The van der Waals surface area contributed by atoms with E-state index >= 15 is 0 Å². The van der Waals surface area contributed by atoms with Crippen molar-refractivity contribution in [3.05, 3.63) is 0 Å². The van der Waals surface area contributed by atoms with Crippen LogP contribution >= 0.6 is 0 Å². The van der Waals surface area contributed by atoms with Crippen LogP contribution in [0.3, 0.4) is 0 Å². The number of hydrogen-bond acceptors (Lipinski definition) is 5. The van der Waals surface area contributed by atoms with Gasteiger partial charge in [0.05, 0.1) is 11.5 Å². The van der Waals surface area contributed by atoms with Crippen LogP contribution in [0.15, 0.2) is 0 Å². The van der Waals surface area contributed by atoms with Gasteiger partial charge < -0.3 is 14.6 Å². The second-order valence-corrected chi connectivity index (χ2v) is 9.97. The van der Waals surface area contributed by atoms with Gasteiger partial charge in [-0.1, -0.05) is 26.7 Å². The lowest BCUT2D eigenvalue weighted by Gasteiger charge is -2.59. The Morgan fingerprint density at radius 2 is 1.70 bits per heavy atom. The molecule has 0 amide bonds. The normalized spacial score (nSPS) is 45.1. The Labute approximate surface area is 162 Å². The number of aliphatic hydroxyl groups is 1. The van der Waals surface area contributed by atoms with Crippen molar-refractivity contribution in [1.82, 2.24) is 0 Å². The number of hydrogen-bond donors (Lipinski definition) is 1. The van der Waals surface area contributed by atoms with E-state index in [9.17, 15) is 14.7 Å². The Morgan fingerprint density at radius 3 is 2.30 bits per heavy atom. The molecule has 5 nitrogen and oxygen atoms in total. The molecule has 0 spiro atoms. The Bertz CT molecular complexity index is 586. The van der Waals surface area contributed by atoms with Crippen LogP contribution in [0.4, 0.5) is 0 Å². The molecule has 0 heterocycles. The van der Waals surface area contributed by atoms with E-state index in [-0.39, 0.29) is 18.5 Å². The highest BCUT2D eigenvalue weighted by Gasteiger charge is 2.59. The topological polar surface area (TPSA) is 72.8 Å². The minimum atomic E-state index is -0.658. The molecule has 0 aromatic rings. The first-order valence-electron chi connectivity index (χ1n) is 10.9. The molecule has 152 valence electrons. The molecule has 0 aromatic heterocycles. The Balaban J connectivity index is 1.31. The van der Waals surface area contributed by atoms with Gasteiger partial charge in [-0.3, -0.25) is 4.79 Å². The van der Waals surface area contributed by atoms with Crippen LogP contribution in [0.25, 0.3) is 0 Å². The quantitative estimate of drug-likeness (QED) is 0.715. The van der Waals surface area contributed by atoms with E-state index < -0.39 is 17.2 Å². The average molecular weight is 379 g/mol. The predicted octanol–water partition coefficient (Wildman–Crippen LogP) is 3.62. The zero-order valence-corrected chi connectivity index (χ0v) is 16.7. The van der Waals surface area contributed by atoms with E-state index in [0.29, 0.717) is 30.1 Å². The summed E-state index contributed by atoms with van der Waals surface area (Å²) in [6.45, 7) is 3.99. The number of ether oxygens (including phenoxy) is 2. The molecule has 0 saturated heterocycles. The van der Waals surface area contributed by atoms with Gasteiger partial charge in [0.1, 0.15) is 5.60 Å². The third-order valence-electron chi connectivity index (χ3n) is 7.84. The van der Waals surface area contributed by atoms with E-state index in [1.807, 2.05) is 0 Å². The first-order valence-corrected chi connectivity index (χ1v) is 10.9. The summed E-state index contributed by atoms with van der Waals surface area (Å²) in [5, 5.41) is 10.8. The van der Waals surface area contributed by atoms with Crippen LogP contribution in [-0.2, 0) is 19.1 Å². The Hall–Kier alpha value is -1.10. The highest BCUT2D eigenvalue weighted by molar-refractivity contribution is 5.78. The minimum Gasteiger partial charge on any atom is -0.456 e. The third-order valence-corrected chi connectivity index (χ3v) is 7.84. The minimum absolute atomic E-state index is 0.0759.